The van der Waals surface area contributed by atoms with Crippen molar-refractivity contribution in [2.24, 2.45) is 0 Å². The van der Waals surface area contributed by atoms with Crippen LogP contribution < -0.4 is 0 Å². The monoisotopic (exact) mass is 853 g/mol. The summed E-state index contributed by atoms with van der Waals surface area (Å²) >= 11 is 0. The van der Waals surface area contributed by atoms with E-state index in [1.807, 2.05) is 0 Å². The molecule has 0 radical (unpaired) electrons. The second-order valence-corrected chi connectivity index (χ2v) is 17.0. The van der Waals surface area contributed by atoms with E-state index in [1.165, 1.54) is 103 Å². The third kappa shape index (κ3) is 48.0. The normalized spacial score (nSPS) is 12.5. The van der Waals surface area contributed by atoms with Gasteiger partial charge in [0.05, 0.1) is 0 Å². The third-order valence-electron chi connectivity index (χ3n) is 11.0. The lowest BCUT2D eigenvalue weighted by atomic mass is 10.1. The fourth-order valence-electron chi connectivity index (χ4n) is 7.16. The van der Waals surface area contributed by atoms with Gasteiger partial charge in [0.1, 0.15) is 13.2 Å². The Morgan fingerprint density at radius 1 is 0.344 bits per heavy atom. The molecule has 0 rings (SSSR count). The summed E-state index contributed by atoms with van der Waals surface area (Å²) in [6, 6.07) is 0. The molecule has 6 heteroatoms. The number of hydrogen-bond donors (Lipinski definition) is 0. The van der Waals surface area contributed by atoms with Gasteiger partial charge in [-0.05, 0) is 96.3 Å². The predicted molar refractivity (Wildman–Crippen MR) is 261 cm³/mol. The zero-order valence-electron chi connectivity index (χ0n) is 40.2. The lowest BCUT2D eigenvalue weighted by molar-refractivity contribution is -0.167. The van der Waals surface area contributed by atoms with Gasteiger partial charge in [0.25, 0.3) is 0 Å². The van der Waals surface area contributed by atoms with Crippen LogP contribution in [-0.2, 0) is 28.6 Å². The van der Waals surface area contributed by atoms with Gasteiger partial charge in [-0.25, -0.2) is 0 Å². The maximum Gasteiger partial charge on any atom is 0.306 e. The van der Waals surface area contributed by atoms with Crippen LogP contribution in [0.1, 0.15) is 252 Å². The highest BCUT2D eigenvalue weighted by Gasteiger charge is 2.19. The molecule has 0 fully saturated rings. The average Bonchev–Trinajstić information content (AvgIpc) is 3.26. The van der Waals surface area contributed by atoms with E-state index >= 15 is 0 Å². The van der Waals surface area contributed by atoms with Crippen molar-refractivity contribution in [1.82, 2.24) is 0 Å². The Hall–Kier alpha value is -2.89. The van der Waals surface area contributed by atoms with Crippen LogP contribution in [0.2, 0.25) is 0 Å². The standard InChI is InChI=1S/C55H96O6/c1-4-7-10-13-16-19-22-25-27-28-29-31-33-36-39-42-45-48-54(57)60-51-52(50-59-53(56)47-44-41-38-35-32-24-21-18-15-12-9-6-3)61-55(58)49-46-43-40-37-34-30-26-23-20-17-14-11-8-5-2/h8-9,11-12,17-18,20-21,25,27,52H,4-7,10,13-16,19,22-24,26,28-51H2,1-3H3/b11-8-,12-9-,20-17-,21-18-,27-25-. The summed E-state index contributed by atoms with van der Waals surface area (Å²) in [6.45, 7) is 6.40. The molecule has 1 unspecified atom stereocenters. The highest BCUT2D eigenvalue weighted by atomic mass is 16.6. The van der Waals surface area contributed by atoms with Gasteiger partial charge in [-0.3, -0.25) is 14.4 Å². The molecular formula is C55H96O6. The van der Waals surface area contributed by atoms with E-state index in [0.29, 0.717) is 19.3 Å². The molecule has 0 aliphatic carbocycles. The minimum Gasteiger partial charge on any atom is -0.462 e. The number of rotatable bonds is 46. The summed E-state index contributed by atoms with van der Waals surface area (Å²) in [4.78, 5) is 37.9. The summed E-state index contributed by atoms with van der Waals surface area (Å²) in [7, 11) is 0. The van der Waals surface area contributed by atoms with Crippen molar-refractivity contribution in [3.8, 4) is 0 Å². The summed E-state index contributed by atoms with van der Waals surface area (Å²) in [5, 5.41) is 0. The quantitative estimate of drug-likeness (QED) is 0.0263. The number of carbonyl (C=O) groups is 3. The van der Waals surface area contributed by atoms with Crippen molar-refractivity contribution < 1.29 is 28.6 Å². The Kier molecular flexibility index (Phi) is 47.4. The van der Waals surface area contributed by atoms with Crippen LogP contribution in [-0.4, -0.2) is 37.2 Å². The van der Waals surface area contributed by atoms with Crippen LogP contribution in [0, 0.1) is 0 Å². The number of ether oxygens (including phenoxy) is 3. The van der Waals surface area contributed by atoms with Gasteiger partial charge in [-0.1, -0.05) is 197 Å². The van der Waals surface area contributed by atoms with Crippen molar-refractivity contribution in [3.63, 3.8) is 0 Å². The average molecular weight is 853 g/mol. The van der Waals surface area contributed by atoms with E-state index in [0.717, 1.165) is 109 Å². The SMILES string of the molecule is CC/C=C\C/C=C\CCCCCCCCCC(=O)OC(COC(=O)CCCCCCC/C=C\C/C=C\CC)COC(=O)CCCCCCCCC/C=C\CCCCCCCC. The molecule has 0 saturated carbocycles. The van der Waals surface area contributed by atoms with Crippen LogP contribution in [0.3, 0.4) is 0 Å². The zero-order chi connectivity index (χ0) is 44.4. The number of hydrogen-bond acceptors (Lipinski definition) is 6. The molecule has 0 N–H and O–H groups in total. The molecule has 352 valence electrons. The second-order valence-electron chi connectivity index (χ2n) is 17.0. The minimum atomic E-state index is -0.784. The predicted octanol–water partition coefficient (Wildman–Crippen LogP) is 16.9. The fraction of sp³-hybridized carbons (Fsp3) is 0.764. The van der Waals surface area contributed by atoms with Gasteiger partial charge in [-0.2, -0.15) is 0 Å². The Labute approximate surface area is 377 Å². The maximum atomic E-state index is 12.8. The highest BCUT2D eigenvalue weighted by Crippen LogP contribution is 2.14. The van der Waals surface area contributed by atoms with E-state index in [-0.39, 0.29) is 31.1 Å². The van der Waals surface area contributed by atoms with Crippen LogP contribution in [0.25, 0.3) is 0 Å². The van der Waals surface area contributed by atoms with Crippen LogP contribution in [0.15, 0.2) is 60.8 Å². The van der Waals surface area contributed by atoms with Gasteiger partial charge < -0.3 is 14.2 Å². The van der Waals surface area contributed by atoms with Gasteiger partial charge in [0.2, 0.25) is 0 Å². The van der Waals surface area contributed by atoms with E-state index in [4.69, 9.17) is 14.2 Å². The summed E-state index contributed by atoms with van der Waals surface area (Å²) < 4.78 is 16.8. The minimum absolute atomic E-state index is 0.0841. The fourth-order valence-corrected chi connectivity index (χ4v) is 7.16. The molecule has 0 spiro atoms. The van der Waals surface area contributed by atoms with Crippen molar-refractivity contribution in [3.05, 3.63) is 60.8 Å². The number of unbranched alkanes of at least 4 members (excludes halogenated alkanes) is 25. The lowest BCUT2D eigenvalue weighted by Crippen LogP contribution is -2.30. The van der Waals surface area contributed by atoms with Crippen LogP contribution in [0.5, 0.6) is 0 Å². The summed E-state index contributed by atoms with van der Waals surface area (Å²) in [5.74, 6) is -0.909. The molecule has 61 heavy (non-hydrogen) atoms. The largest absolute Gasteiger partial charge is 0.462 e. The molecule has 0 bridgehead atoms. The molecule has 0 amide bonds. The molecule has 0 aliphatic rings. The first-order valence-electron chi connectivity index (χ1n) is 25.8. The molecule has 6 nitrogen and oxygen atoms in total. The molecule has 0 aliphatic heterocycles. The van der Waals surface area contributed by atoms with Crippen LogP contribution in [0.4, 0.5) is 0 Å². The van der Waals surface area contributed by atoms with E-state index in [1.54, 1.807) is 0 Å². The Balaban J connectivity index is 4.38. The third-order valence-corrected chi connectivity index (χ3v) is 11.0. The first kappa shape index (κ1) is 58.1. The Bertz CT molecular complexity index is 1120. The molecule has 0 aromatic carbocycles. The highest BCUT2D eigenvalue weighted by molar-refractivity contribution is 5.71. The molecule has 1 atom stereocenters. The summed E-state index contributed by atoms with van der Waals surface area (Å²) in [5.41, 5.74) is 0. The van der Waals surface area contributed by atoms with Crippen molar-refractivity contribution >= 4 is 17.9 Å². The first-order valence-corrected chi connectivity index (χ1v) is 25.8. The molecule has 0 heterocycles. The lowest BCUT2D eigenvalue weighted by Gasteiger charge is -2.18. The van der Waals surface area contributed by atoms with Gasteiger partial charge in [-0.15, -0.1) is 0 Å². The molecule has 0 saturated heterocycles. The summed E-state index contributed by atoms with van der Waals surface area (Å²) in [6.07, 6.45) is 60.6. The number of esters is 3. The van der Waals surface area contributed by atoms with Crippen molar-refractivity contribution in [1.29, 1.82) is 0 Å². The number of carbonyl (C=O) groups excluding carboxylic acids is 3. The van der Waals surface area contributed by atoms with Gasteiger partial charge in [0.15, 0.2) is 6.10 Å². The van der Waals surface area contributed by atoms with Crippen molar-refractivity contribution in [2.45, 2.75) is 258 Å². The number of allylic oxidation sites excluding steroid dienone is 10. The van der Waals surface area contributed by atoms with Crippen LogP contribution >= 0.6 is 0 Å². The topological polar surface area (TPSA) is 78.9 Å². The van der Waals surface area contributed by atoms with E-state index in [9.17, 15) is 14.4 Å². The Morgan fingerprint density at radius 2 is 0.639 bits per heavy atom. The first-order chi connectivity index (χ1) is 30.0. The van der Waals surface area contributed by atoms with E-state index < -0.39 is 6.10 Å². The van der Waals surface area contributed by atoms with E-state index in [2.05, 4.69) is 81.5 Å². The molecule has 0 aromatic heterocycles. The van der Waals surface area contributed by atoms with Gasteiger partial charge in [0, 0.05) is 19.3 Å². The molecular weight excluding hydrogens is 757 g/mol. The Morgan fingerprint density at radius 3 is 1.00 bits per heavy atom. The second kappa shape index (κ2) is 49.8. The van der Waals surface area contributed by atoms with Crippen molar-refractivity contribution in [2.75, 3.05) is 13.2 Å². The maximum absolute atomic E-state index is 12.8. The molecule has 0 aromatic rings. The van der Waals surface area contributed by atoms with Gasteiger partial charge >= 0.3 is 17.9 Å². The zero-order valence-corrected chi connectivity index (χ0v) is 40.2. The smallest absolute Gasteiger partial charge is 0.306 e.